The second-order valence-electron chi connectivity index (χ2n) is 6.32. The van der Waals surface area contributed by atoms with E-state index in [1.54, 1.807) is 4.90 Å². The van der Waals surface area contributed by atoms with Gasteiger partial charge in [-0.3, -0.25) is 0 Å². The third-order valence-electron chi connectivity index (χ3n) is 4.94. The molecule has 0 aromatic heterocycles. The summed E-state index contributed by atoms with van der Waals surface area (Å²) in [6.45, 7) is 3.44. The Kier molecular flexibility index (Phi) is 4.15. The molecule has 2 unspecified atom stereocenters. The van der Waals surface area contributed by atoms with Crippen LogP contribution >= 0.6 is 0 Å². The smallest absolute Gasteiger partial charge is 0.318 e. The molecule has 2 atom stereocenters. The van der Waals surface area contributed by atoms with Gasteiger partial charge in [-0.15, -0.1) is 0 Å². The fraction of sp³-hybridized carbons (Fsp3) is 0.588. The number of hydrogen-bond acceptors (Lipinski definition) is 2. The van der Waals surface area contributed by atoms with E-state index < -0.39 is 0 Å². The van der Waals surface area contributed by atoms with E-state index in [-0.39, 0.29) is 18.7 Å². The molecule has 3 rings (SSSR count). The topological polar surface area (TPSA) is 52.6 Å². The van der Waals surface area contributed by atoms with Gasteiger partial charge < -0.3 is 15.3 Å². The van der Waals surface area contributed by atoms with Crippen LogP contribution in [0.25, 0.3) is 0 Å². The zero-order valence-electron chi connectivity index (χ0n) is 12.6. The van der Waals surface area contributed by atoms with Gasteiger partial charge in [0.25, 0.3) is 0 Å². The van der Waals surface area contributed by atoms with E-state index in [9.17, 15) is 9.90 Å². The molecule has 0 saturated carbocycles. The number of likely N-dealkylation sites (tertiary alicyclic amines) is 1. The van der Waals surface area contributed by atoms with E-state index in [0.29, 0.717) is 12.5 Å². The molecular formula is C17H24N2O2. The molecule has 4 nitrogen and oxygen atoms in total. The lowest BCUT2D eigenvalue weighted by Gasteiger charge is -2.25. The lowest BCUT2D eigenvalue weighted by Crippen LogP contribution is -2.45. The highest BCUT2D eigenvalue weighted by Gasteiger charge is 2.33. The molecule has 1 aliphatic heterocycles. The Morgan fingerprint density at radius 3 is 3.00 bits per heavy atom. The fourth-order valence-corrected chi connectivity index (χ4v) is 3.55. The van der Waals surface area contributed by atoms with Crippen LogP contribution in [0, 0.1) is 5.92 Å². The number of aryl methyl sites for hydroxylation is 2. The number of amides is 2. The summed E-state index contributed by atoms with van der Waals surface area (Å²) in [6.07, 6.45) is 4.56. The molecule has 2 aliphatic rings. The summed E-state index contributed by atoms with van der Waals surface area (Å²) in [6, 6.07) is 6.43. The third-order valence-corrected chi connectivity index (χ3v) is 4.94. The highest BCUT2D eigenvalue weighted by molar-refractivity contribution is 5.75. The van der Waals surface area contributed by atoms with Gasteiger partial charge in [-0.25, -0.2) is 4.79 Å². The third kappa shape index (κ3) is 2.91. The van der Waals surface area contributed by atoms with E-state index in [1.165, 1.54) is 24.0 Å². The van der Waals surface area contributed by atoms with Crippen molar-refractivity contribution in [2.24, 2.45) is 5.92 Å². The van der Waals surface area contributed by atoms with Crippen LogP contribution in [-0.4, -0.2) is 35.2 Å². The first-order valence-electron chi connectivity index (χ1n) is 7.95. The Bertz CT molecular complexity index is 530. The van der Waals surface area contributed by atoms with Crippen molar-refractivity contribution < 1.29 is 9.90 Å². The Labute approximate surface area is 126 Å². The number of nitrogens with one attached hydrogen (secondary N) is 1. The molecule has 4 heteroatoms. The number of aliphatic hydroxyl groups excluding tert-OH is 1. The number of carbonyl (C=O) groups excluding carboxylic acids is 1. The Hall–Kier alpha value is -1.55. The molecule has 1 aromatic carbocycles. The molecule has 114 valence electrons. The minimum atomic E-state index is -0.0566. The first-order chi connectivity index (χ1) is 10.2. The quantitative estimate of drug-likeness (QED) is 0.895. The number of benzene rings is 1. The number of fused-ring (bicyclic) bond motifs is 1. The Morgan fingerprint density at radius 2 is 2.19 bits per heavy atom. The number of hydrogen-bond donors (Lipinski definition) is 2. The second kappa shape index (κ2) is 6.06. The van der Waals surface area contributed by atoms with Crippen molar-refractivity contribution >= 4 is 6.03 Å². The number of urea groups is 1. The summed E-state index contributed by atoms with van der Waals surface area (Å²) < 4.78 is 0. The molecule has 2 amide bonds. The molecule has 2 N–H and O–H groups in total. The molecule has 0 spiro atoms. The van der Waals surface area contributed by atoms with E-state index in [1.807, 2.05) is 0 Å². The molecule has 0 bridgehead atoms. The SMILES string of the molecule is CC1CCN(C(=O)NCc2ccc3c(c2)CCC3)C1CO. The fourth-order valence-electron chi connectivity index (χ4n) is 3.55. The maximum absolute atomic E-state index is 12.3. The molecule has 21 heavy (non-hydrogen) atoms. The van der Waals surface area contributed by atoms with Crippen molar-refractivity contribution in [1.29, 1.82) is 0 Å². The molecular weight excluding hydrogens is 264 g/mol. The first kappa shape index (κ1) is 14.4. The molecule has 0 radical (unpaired) electrons. The zero-order chi connectivity index (χ0) is 14.8. The lowest BCUT2D eigenvalue weighted by molar-refractivity contribution is 0.143. The maximum Gasteiger partial charge on any atom is 0.318 e. The van der Waals surface area contributed by atoms with Crippen molar-refractivity contribution in [2.45, 2.75) is 45.2 Å². The summed E-state index contributed by atoms with van der Waals surface area (Å²) in [5, 5.41) is 12.4. The summed E-state index contributed by atoms with van der Waals surface area (Å²) >= 11 is 0. The van der Waals surface area contributed by atoms with Crippen molar-refractivity contribution in [3.8, 4) is 0 Å². The van der Waals surface area contributed by atoms with Gasteiger partial charge in [-0.2, -0.15) is 0 Å². The van der Waals surface area contributed by atoms with E-state index >= 15 is 0 Å². The number of carbonyl (C=O) groups is 1. The predicted molar refractivity (Wildman–Crippen MR) is 82.1 cm³/mol. The molecule has 1 aromatic rings. The van der Waals surface area contributed by atoms with Gasteiger partial charge in [0.2, 0.25) is 0 Å². The summed E-state index contributed by atoms with van der Waals surface area (Å²) in [7, 11) is 0. The Balaban J connectivity index is 1.58. The standard InChI is InChI=1S/C17H24N2O2/c1-12-7-8-19(16(12)11-20)17(21)18-10-13-5-6-14-3-2-4-15(14)9-13/h5-6,9,12,16,20H,2-4,7-8,10-11H2,1H3,(H,18,21). The van der Waals surface area contributed by atoms with Crippen LogP contribution in [0.1, 0.15) is 36.5 Å². The number of rotatable bonds is 3. The number of nitrogens with zero attached hydrogens (tertiary/aromatic N) is 1. The van der Waals surface area contributed by atoms with Gasteiger partial charge >= 0.3 is 6.03 Å². The monoisotopic (exact) mass is 288 g/mol. The van der Waals surface area contributed by atoms with Crippen molar-refractivity contribution in [3.63, 3.8) is 0 Å². The van der Waals surface area contributed by atoms with Crippen LogP contribution in [0.4, 0.5) is 4.79 Å². The molecule has 1 saturated heterocycles. The summed E-state index contributed by atoms with van der Waals surface area (Å²) in [4.78, 5) is 14.0. The predicted octanol–water partition coefficient (Wildman–Crippen LogP) is 2.09. The highest BCUT2D eigenvalue weighted by Crippen LogP contribution is 2.24. The van der Waals surface area contributed by atoms with Crippen LogP contribution in [0.15, 0.2) is 18.2 Å². The van der Waals surface area contributed by atoms with Gasteiger partial charge in [0.15, 0.2) is 0 Å². The van der Waals surface area contributed by atoms with Gasteiger partial charge in [-0.05, 0) is 48.3 Å². The molecule has 1 heterocycles. The van der Waals surface area contributed by atoms with Crippen LogP contribution in [0.3, 0.4) is 0 Å². The minimum Gasteiger partial charge on any atom is -0.394 e. The van der Waals surface area contributed by atoms with Crippen molar-refractivity contribution in [2.75, 3.05) is 13.2 Å². The average molecular weight is 288 g/mol. The van der Waals surface area contributed by atoms with Gasteiger partial charge in [-0.1, -0.05) is 25.1 Å². The van der Waals surface area contributed by atoms with E-state index in [2.05, 4.69) is 30.4 Å². The average Bonchev–Trinajstić information content (AvgIpc) is 3.10. The maximum atomic E-state index is 12.3. The normalized spacial score (nSPS) is 24.2. The minimum absolute atomic E-state index is 0.0370. The largest absolute Gasteiger partial charge is 0.394 e. The highest BCUT2D eigenvalue weighted by atomic mass is 16.3. The van der Waals surface area contributed by atoms with Gasteiger partial charge in [0.05, 0.1) is 12.6 Å². The van der Waals surface area contributed by atoms with Crippen LogP contribution in [0.5, 0.6) is 0 Å². The first-order valence-corrected chi connectivity index (χ1v) is 7.95. The summed E-state index contributed by atoms with van der Waals surface area (Å²) in [5.74, 6) is 0.376. The van der Waals surface area contributed by atoms with E-state index in [4.69, 9.17) is 0 Å². The van der Waals surface area contributed by atoms with Gasteiger partial charge in [0.1, 0.15) is 0 Å². The zero-order valence-corrected chi connectivity index (χ0v) is 12.6. The van der Waals surface area contributed by atoms with Gasteiger partial charge in [0, 0.05) is 13.1 Å². The second-order valence-corrected chi connectivity index (χ2v) is 6.32. The summed E-state index contributed by atoms with van der Waals surface area (Å²) in [5.41, 5.74) is 4.06. The van der Waals surface area contributed by atoms with Crippen LogP contribution < -0.4 is 5.32 Å². The van der Waals surface area contributed by atoms with Crippen molar-refractivity contribution in [3.05, 3.63) is 34.9 Å². The van der Waals surface area contributed by atoms with E-state index in [0.717, 1.165) is 24.9 Å². The van der Waals surface area contributed by atoms with Crippen LogP contribution in [-0.2, 0) is 19.4 Å². The number of aliphatic hydroxyl groups is 1. The Morgan fingerprint density at radius 1 is 1.38 bits per heavy atom. The lowest BCUT2D eigenvalue weighted by atomic mass is 10.0. The van der Waals surface area contributed by atoms with Crippen LogP contribution in [0.2, 0.25) is 0 Å². The van der Waals surface area contributed by atoms with Crippen molar-refractivity contribution in [1.82, 2.24) is 10.2 Å². The molecule has 1 aliphatic carbocycles. The molecule has 1 fully saturated rings.